The molecular weight excluding hydrogens is 1190 g/mol. The number of alkyl halides is 3. The number of halogens is 3. The van der Waals surface area contributed by atoms with Crippen molar-refractivity contribution in [3.63, 3.8) is 0 Å². The van der Waals surface area contributed by atoms with Gasteiger partial charge in [-0.05, 0) is 40.5 Å². The lowest BCUT2D eigenvalue weighted by Gasteiger charge is -2.47. The van der Waals surface area contributed by atoms with Crippen LogP contribution in [0.15, 0.2) is 97.1 Å². The molecule has 89 heavy (non-hydrogen) atoms. The average Bonchev–Trinajstić information content (AvgIpc) is 1.07. The Bertz CT molecular complexity index is 2070. The smallest absolute Gasteiger partial charge is 0.242 e. The maximum atomic E-state index is 15.8. The van der Waals surface area contributed by atoms with Gasteiger partial charge in [0.25, 0.3) is 0 Å². The highest BCUT2D eigenvalue weighted by Crippen LogP contribution is 2.59. The summed E-state index contributed by atoms with van der Waals surface area (Å²) >= 11 is 0. The number of benzene rings is 4. The van der Waals surface area contributed by atoms with Crippen LogP contribution in [-0.2, 0) is 0 Å². The van der Waals surface area contributed by atoms with Crippen molar-refractivity contribution in [1.82, 2.24) is 4.44 Å². The quantitative estimate of drug-likeness (QED) is 0.0315. The van der Waals surface area contributed by atoms with E-state index in [1.54, 1.807) is 20.7 Å². The molecule has 4 aromatic rings. The number of hydrogen-bond donors (Lipinski definition) is 0. The minimum absolute atomic E-state index is 0.164. The molecule has 502 valence electrons. The second-order valence-electron chi connectivity index (χ2n) is 28.6. The van der Waals surface area contributed by atoms with E-state index in [2.05, 4.69) is 185 Å². The summed E-state index contributed by atoms with van der Waals surface area (Å²) in [5.41, 5.74) is 0. The predicted molar refractivity (Wildman–Crippen MR) is 410 cm³/mol. The first-order chi connectivity index (χ1) is 43.2. The molecule has 0 aliphatic heterocycles. The summed E-state index contributed by atoms with van der Waals surface area (Å²) in [6.07, 6.45) is 27.8. The Kier molecular flexibility index (Phi) is 36.3. The van der Waals surface area contributed by atoms with Gasteiger partial charge in [0.05, 0.1) is 38.2 Å². The average molecular weight is 1330 g/mol. The van der Waals surface area contributed by atoms with Crippen LogP contribution in [0.5, 0.6) is 0 Å². The van der Waals surface area contributed by atoms with E-state index in [-0.39, 0.29) is 18.9 Å². The molecule has 2 unspecified atom stereocenters. The number of unbranched alkanes of at least 4 members (excludes halogenated alkanes) is 12. The zero-order valence-corrected chi connectivity index (χ0v) is 65.4. The van der Waals surface area contributed by atoms with Crippen LogP contribution in [0.3, 0.4) is 0 Å². The third kappa shape index (κ3) is 22.2. The lowest BCUT2D eigenvalue weighted by molar-refractivity contribution is -0.184. The van der Waals surface area contributed by atoms with E-state index >= 15 is 13.2 Å². The molecule has 10 heteroatoms. The van der Waals surface area contributed by atoms with E-state index in [0.29, 0.717) is 6.42 Å². The van der Waals surface area contributed by atoms with Gasteiger partial charge >= 0.3 is 6.18 Å². The van der Waals surface area contributed by atoms with Crippen molar-refractivity contribution < 1.29 is 13.2 Å². The van der Waals surface area contributed by atoms with Crippen molar-refractivity contribution in [3.05, 3.63) is 97.1 Å². The van der Waals surface area contributed by atoms with Crippen LogP contribution in [0.25, 0.3) is 0 Å². The molecule has 4 aromatic carbocycles. The van der Waals surface area contributed by atoms with Gasteiger partial charge in [0.1, 0.15) is 0 Å². The van der Waals surface area contributed by atoms with Crippen LogP contribution >= 0.6 is 16.1 Å². The normalized spacial score (nSPS) is 15.5. The zero-order valence-electron chi connectivity index (χ0n) is 59.7. The lowest BCUT2D eigenvalue weighted by atomic mass is 9.86. The van der Waals surface area contributed by atoms with Crippen molar-refractivity contribution in [2.75, 3.05) is 0 Å². The Morgan fingerprint density at radius 1 is 0.315 bits per heavy atom. The number of hydrogen-bond acceptors (Lipinski definition) is 1. The van der Waals surface area contributed by atoms with Crippen molar-refractivity contribution in [1.29, 1.82) is 0 Å². The fourth-order valence-electron chi connectivity index (χ4n) is 16.1. The van der Waals surface area contributed by atoms with E-state index in [0.717, 1.165) is 6.42 Å². The van der Waals surface area contributed by atoms with Crippen LogP contribution in [0, 0.1) is 5.92 Å². The highest BCUT2D eigenvalue weighted by molar-refractivity contribution is 7.84. The maximum Gasteiger partial charge on any atom is 0.391 e. The Morgan fingerprint density at radius 3 is 0.674 bits per heavy atom. The molecule has 5 rings (SSSR count). The van der Waals surface area contributed by atoms with Gasteiger partial charge in [-0.1, -0.05) is 434 Å². The van der Waals surface area contributed by atoms with Crippen molar-refractivity contribution >= 4 is 90.4 Å². The molecule has 0 saturated heterocycles. The fourth-order valence-corrected chi connectivity index (χ4v) is 44.7. The summed E-state index contributed by atoms with van der Waals surface area (Å²) in [6.45, 7) is 28.5. The molecule has 1 aliphatic rings. The second-order valence-corrected chi connectivity index (χ2v) is 51.6. The second kappa shape index (κ2) is 41.3. The Morgan fingerprint density at radius 2 is 0.506 bits per heavy atom. The minimum atomic E-state index is -4.23. The fraction of sp³-hybridized carbons (Fsp3) is 0.696. The van der Waals surface area contributed by atoms with Gasteiger partial charge in [-0.2, -0.15) is 13.2 Å². The first kappa shape index (κ1) is 78.1. The zero-order chi connectivity index (χ0) is 64.6. The standard InChI is InChI=1S/C79H134F3NP2Si4/c1-13-25-56-86(57-26-14-2,58-27-15-3)75-48-40-71(41-49-75)84(72-42-50-76(51-43-72)87(59-28-16-4,60-29-17-5)61-30-18-6)83(70-39-37-38-69(68-70)79(80,81)82)85(73-44-52-77(53-45-73)88(62-31-19-7,63-32-20-8)64-33-21-9)74-46-54-78(55-47-74)89(65-34-22-10,66-35-23-11)67-36-24-12/h40-55,69-70H,13-39,56-68H2,1-12H3. The van der Waals surface area contributed by atoms with Crippen LogP contribution in [0.4, 0.5) is 13.2 Å². The molecule has 2 atom stereocenters. The monoisotopic (exact) mass is 1330 g/mol. The Hall–Kier alpha value is -1.64. The summed E-state index contributed by atoms with van der Waals surface area (Å²) in [4.78, 5) is 0. The molecule has 0 spiro atoms. The van der Waals surface area contributed by atoms with Gasteiger partial charge in [0.2, 0.25) is 0 Å². The SMILES string of the molecule is CCCC[Si](CCCC)(CCCC)c1ccc(P(c2ccc([Si](CCCC)(CCCC)CCCC)cc2)N(C2CCCC(C(F)(F)F)C2)P(c2ccc([Si](CCCC)(CCCC)CCCC)cc2)c2ccc([Si](CCCC)(CCCC)CCCC)cc2)cc1. The van der Waals surface area contributed by atoms with Crippen LogP contribution in [-0.4, -0.2) is 49.0 Å². The molecule has 0 N–H and O–H groups in total. The highest BCUT2D eigenvalue weighted by atomic mass is 31.2. The topological polar surface area (TPSA) is 3.24 Å². The van der Waals surface area contributed by atoms with Gasteiger partial charge in [-0.25, -0.2) is 4.44 Å². The van der Waals surface area contributed by atoms with Crippen LogP contribution in [0.2, 0.25) is 72.5 Å². The molecule has 0 heterocycles. The molecule has 1 nitrogen and oxygen atoms in total. The number of nitrogens with zero attached hydrogens (tertiary/aromatic N) is 1. The molecule has 0 bridgehead atoms. The van der Waals surface area contributed by atoms with E-state index in [4.69, 9.17) is 0 Å². The first-order valence-corrected chi connectivity index (χ1v) is 51.1. The molecule has 0 radical (unpaired) electrons. The van der Waals surface area contributed by atoms with Crippen LogP contribution < -0.4 is 42.0 Å². The Balaban J connectivity index is 1.98. The highest BCUT2D eigenvalue weighted by Gasteiger charge is 2.47. The van der Waals surface area contributed by atoms with Gasteiger partial charge in [-0.15, -0.1) is 0 Å². The van der Waals surface area contributed by atoms with Crippen molar-refractivity contribution in [3.8, 4) is 0 Å². The first-order valence-electron chi connectivity index (χ1n) is 38.1. The largest absolute Gasteiger partial charge is 0.391 e. The molecule has 1 aliphatic carbocycles. The Labute approximate surface area is 555 Å². The molecule has 1 saturated carbocycles. The molecule has 0 aromatic heterocycles. The van der Waals surface area contributed by atoms with E-state index in [1.165, 1.54) is 248 Å². The van der Waals surface area contributed by atoms with E-state index in [1.807, 2.05) is 0 Å². The van der Waals surface area contributed by atoms with Gasteiger partial charge < -0.3 is 0 Å². The summed E-state index contributed by atoms with van der Waals surface area (Å²) < 4.78 is 50.2. The third-order valence-electron chi connectivity index (χ3n) is 21.8. The number of rotatable bonds is 47. The molecule has 1 fully saturated rings. The van der Waals surface area contributed by atoms with Gasteiger partial charge in [0, 0.05) is 22.2 Å². The van der Waals surface area contributed by atoms with Crippen LogP contribution in [0.1, 0.15) is 263 Å². The lowest BCUT2D eigenvalue weighted by Crippen LogP contribution is -2.49. The van der Waals surface area contributed by atoms with Crippen molar-refractivity contribution in [2.24, 2.45) is 5.92 Å². The summed E-state index contributed by atoms with van der Waals surface area (Å²) in [6, 6.07) is 57.3. The third-order valence-corrected chi connectivity index (χ3v) is 49.5. The predicted octanol–water partition coefficient (Wildman–Crippen LogP) is 23.7. The summed E-state index contributed by atoms with van der Waals surface area (Å²) in [5, 5.41) is 11.8. The summed E-state index contributed by atoms with van der Waals surface area (Å²) in [5.74, 6) is -1.30. The maximum absolute atomic E-state index is 15.8. The van der Waals surface area contributed by atoms with E-state index < -0.39 is 60.5 Å². The van der Waals surface area contributed by atoms with Crippen molar-refractivity contribution in [2.45, 2.75) is 348 Å². The molecular formula is C79H134F3NP2Si4. The molecule has 0 amide bonds. The van der Waals surface area contributed by atoms with E-state index in [9.17, 15) is 0 Å². The minimum Gasteiger partial charge on any atom is -0.242 e. The summed E-state index contributed by atoms with van der Waals surface area (Å²) in [7, 11) is -10.1. The van der Waals surface area contributed by atoms with Gasteiger partial charge in [0.15, 0.2) is 0 Å². The van der Waals surface area contributed by atoms with Gasteiger partial charge in [-0.3, -0.25) is 0 Å².